The van der Waals surface area contributed by atoms with E-state index >= 15 is 0 Å². The number of hydrogen-bond acceptors (Lipinski definition) is 5. The standard InChI is InChI=1S/C15H15NO4/c16-12(8-10-6-7-13(17)14(18)9-10)15(19)20-11-4-2-1-3-5-11/h1-7,9,12,17-18H,8,16H2. The molecule has 5 heteroatoms. The lowest BCUT2D eigenvalue weighted by molar-refractivity contribution is -0.135. The number of esters is 1. The van der Waals surface area contributed by atoms with Gasteiger partial charge in [0, 0.05) is 0 Å². The normalized spacial score (nSPS) is 11.8. The van der Waals surface area contributed by atoms with Gasteiger partial charge >= 0.3 is 5.97 Å². The van der Waals surface area contributed by atoms with Crippen LogP contribution in [0.5, 0.6) is 17.2 Å². The van der Waals surface area contributed by atoms with Gasteiger partial charge in [0.1, 0.15) is 11.8 Å². The molecule has 1 atom stereocenters. The Bertz CT molecular complexity index is 598. The topological polar surface area (TPSA) is 92.8 Å². The van der Waals surface area contributed by atoms with Gasteiger partial charge in [-0.05, 0) is 36.2 Å². The lowest BCUT2D eigenvalue weighted by Crippen LogP contribution is -2.36. The van der Waals surface area contributed by atoms with Gasteiger partial charge in [-0.25, -0.2) is 4.79 Å². The number of benzene rings is 2. The van der Waals surface area contributed by atoms with E-state index in [1.807, 2.05) is 6.07 Å². The molecule has 5 nitrogen and oxygen atoms in total. The van der Waals surface area contributed by atoms with Crippen LogP contribution < -0.4 is 10.5 Å². The molecule has 20 heavy (non-hydrogen) atoms. The van der Waals surface area contributed by atoms with Crippen LogP contribution in [0.25, 0.3) is 0 Å². The highest BCUT2D eigenvalue weighted by Crippen LogP contribution is 2.25. The van der Waals surface area contributed by atoms with Crippen molar-refractivity contribution < 1.29 is 19.7 Å². The lowest BCUT2D eigenvalue weighted by Gasteiger charge is -2.11. The van der Waals surface area contributed by atoms with E-state index in [1.54, 1.807) is 30.3 Å². The number of hydrogen-bond donors (Lipinski definition) is 3. The average molecular weight is 273 g/mol. The van der Waals surface area contributed by atoms with Gasteiger partial charge in [-0.1, -0.05) is 24.3 Å². The highest BCUT2D eigenvalue weighted by atomic mass is 16.5. The van der Waals surface area contributed by atoms with Gasteiger partial charge in [0.25, 0.3) is 0 Å². The molecule has 4 N–H and O–H groups in total. The molecule has 2 aromatic carbocycles. The van der Waals surface area contributed by atoms with Crippen molar-refractivity contribution in [2.24, 2.45) is 5.73 Å². The Morgan fingerprint density at radius 2 is 1.80 bits per heavy atom. The zero-order valence-corrected chi connectivity index (χ0v) is 10.7. The summed E-state index contributed by atoms with van der Waals surface area (Å²) in [7, 11) is 0. The summed E-state index contributed by atoms with van der Waals surface area (Å²) in [6.07, 6.45) is 0.208. The second kappa shape index (κ2) is 6.08. The van der Waals surface area contributed by atoms with Crippen LogP contribution in [0, 0.1) is 0 Å². The summed E-state index contributed by atoms with van der Waals surface area (Å²) < 4.78 is 5.13. The third-order valence-corrected chi connectivity index (χ3v) is 2.76. The summed E-state index contributed by atoms with van der Waals surface area (Å²) in [5, 5.41) is 18.6. The summed E-state index contributed by atoms with van der Waals surface area (Å²) in [4.78, 5) is 11.8. The van der Waals surface area contributed by atoms with E-state index in [9.17, 15) is 15.0 Å². The maximum atomic E-state index is 11.8. The quantitative estimate of drug-likeness (QED) is 0.447. The third-order valence-electron chi connectivity index (χ3n) is 2.76. The van der Waals surface area contributed by atoms with Crippen molar-refractivity contribution in [3.05, 3.63) is 54.1 Å². The van der Waals surface area contributed by atoms with E-state index < -0.39 is 12.0 Å². The Balaban J connectivity index is 1.98. The molecule has 104 valence electrons. The Hall–Kier alpha value is -2.53. The molecule has 0 saturated heterocycles. The second-order valence-corrected chi connectivity index (χ2v) is 4.37. The predicted molar refractivity (Wildman–Crippen MR) is 73.5 cm³/mol. The van der Waals surface area contributed by atoms with Gasteiger partial charge in [0.05, 0.1) is 0 Å². The summed E-state index contributed by atoms with van der Waals surface area (Å²) >= 11 is 0. The molecule has 0 aliphatic heterocycles. The molecule has 1 unspecified atom stereocenters. The number of rotatable bonds is 4. The SMILES string of the molecule is NC(Cc1ccc(O)c(O)c1)C(=O)Oc1ccccc1. The fraction of sp³-hybridized carbons (Fsp3) is 0.133. The first-order valence-electron chi connectivity index (χ1n) is 6.09. The molecule has 2 rings (SSSR count). The van der Waals surface area contributed by atoms with Crippen molar-refractivity contribution >= 4 is 5.97 Å². The number of carbonyl (C=O) groups is 1. The summed E-state index contributed by atoms with van der Waals surface area (Å²) in [5.74, 6) is -0.578. The Morgan fingerprint density at radius 1 is 1.10 bits per heavy atom. The molecule has 0 spiro atoms. The summed E-state index contributed by atoms with van der Waals surface area (Å²) in [6.45, 7) is 0. The van der Waals surface area contributed by atoms with Gasteiger partial charge in [-0.2, -0.15) is 0 Å². The third kappa shape index (κ3) is 3.49. The minimum atomic E-state index is -0.848. The van der Waals surface area contributed by atoms with E-state index in [-0.39, 0.29) is 17.9 Å². The van der Waals surface area contributed by atoms with Crippen molar-refractivity contribution in [1.82, 2.24) is 0 Å². The Labute approximate surface area is 116 Å². The molecule has 0 heterocycles. The minimum absolute atomic E-state index is 0.208. The molecule has 0 radical (unpaired) electrons. The number of phenolic OH excluding ortho intramolecular Hbond substituents is 2. The number of nitrogens with two attached hydrogens (primary N) is 1. The fourth-order valence-electron chi connectivity index (χ4n) is 1.71. The van der Waals surface area contributed by atoms with Crippen LogP contribution in [0.15, 0.2) is 48.5 Å². The van der Waals surface area contributed by atoms with E-state index in [1.165, 1.54) is 12.1 Å². The first kappa shape index (κ1) is 13.9. The summed E-state index contributed by atoms with van der Waals surface area (Å²) in [6, 6.07) is 12.1. The molecule has 0 saturated carbocycles. The van der Waals surface area contributed by atoms with Crippen molar-refractivity contribution in [3.8, 4) is 17.2 Å². The number of para-hydroxylation sites is 1. The zero-order chi connectivity index (χ0) is 14.5. The molecule has 0 aliphatic rings. The average Bonchev–Trinajstić information content (AvgIpc) is 2.44. The van der Waals surface area contributed by atoms with E-state index in [2.05, 4.69) is 0 Å². The minimum Gasteiger partial charge on any atom is -0.504 e. The van der Waals surface area contributed by atoms with Crippen LogP contribution in [0.4, 0.5) is 0 Å². The monoisotopic (exact) mass is 273 g/mol. The van der Waals surface area contributed by atoms with Crippen molar-refractivity contribution in [1.29, 1.82) is 0 Å². The second-order valence-electron chi connectivity index (χ2n) is 4.37. The first-order chi connectivity index (χ1) is 9.56. The van der Waals surface area contributed by atoms with E-state index in [4.69, 9.17) is 10.5 Å². The molecular formula is C15H15NO4. The molecular weight excluding hydrogens is 258 g/mol. The first-order valence-corrected chi connectivity index (χ1v) is 6.09. The summed E-state index contributed by atoms with van der Waals surface area (Å²) in [5.41, 5.74) is 6.40. The van der Waals surface area contributed by atoms with Crippen molar-refractivity contribution in [3.63, 3.8) is 0 Å². The fourth-order valence-corrected chi connectivity index (χ4v) is 1.71. The van der Waals surface area contributed by atoms with E-state index in [0.717, 1.165) is 0 Å². The van der Waals surface area contributed by atoms with Gasteiger partial charge in [-0.15, -0.1) is 0 Å². The molecule has 0 fully saturated rings. The van der Waals surface area contributed by atoms with Crippen molar-refractivity contribution in [2.75, 3.05) is 0 Å². The van der Waals surface area contributed by atoms with Crippen LogP contribution in [-0.2, 0) is 11.2 Å². The predicted octanol–water partition coefficient (Wildman–Crippen LogP) is 1.57. The van der Waals surface area contributed by atoms with Gasteiger partial charge in [0.2, 0.25) is 0 Å². The maximum Gasteiger partial charge on any atom is 0.328 e. The largest absolute Gasteiger partial charge is 0.504 e. The molecule has 0 aliphatic carbocycles. The highest BCUT2D eigenvalue weighted by Gasteiger charge is 2.17. The number of ether oxygens (including phenoxy) is 1. The van der Waals surface area contributed by atoms with Gasteiger partial charge in [-0.3, -0.25) is 0 Å². The van der Waals surface area contributed by atoms with Gasteiger partial charge in [0.15, 0.2) is 11.5 Å². The number of aromatic hydroxyl groups is 2. The van der Waals surface area contributed by atoms with Crippen LogP contribution in [-0.4, -0.2) is 22.2 Å². The van der Waals surface area contributed by atoms with Gasteiger partial charge < -0.3 is 20.7 Å². The zero-order valence-electron chi connectivity index (χ0n) is 10.7. The highest BCUT2D eigenvalue weighted by molar-refractivity contribution is 5.78. The lowest BCUT2D eigenvalue weighted by atomic mass is 10.1. The van der Waals surface area contributed by atoms with Crippen LogP contribution >= 0.6 is 0 Å². The van der Waals surface area contributed by atoms with Crippen LogP contribution in [0.3, 0.4) is 0 Å². The Morgan fingerprint density at radius 3 is 2.45 bits per heavy atom. The number of phenols is 2. The van der Waals surface area contributed by atoms with E-state index in [0.29, 0.717) is 11.3 Å². The number of carbonyl (C=O) groups excluding carboxylic acids is 1. The van der Waals surface area contributed by atoms with Crippen LogP contribution in [0.1, 0.15) is 5.56 Å². The maximum absolute atomic E-state index is 11.8. The molecule has 0 amide bonds. The van der Waals surface area contributed by atoms with Crippen molar-refractivity contribution in [2.45, 2.75) is 12.5 Å². The smallest absolute Gasteiger partial charge is 0.328 e. The molecule has 0 aromatic heterocycles. The van der Waals surface area contributed by atoms with Crippen LogP contribution in [0.2, 0.25) is 0 Å². The molecule has 2 aromatic rings. The Kier molecular flexibility index (Phi) is 4.22. The molecule has 0 bridgehead atoms.